The van der Waals surface area contributed by atoms with E-state index in [1.165, 1.54) is 11.8 Å². The second-order valence-corrected chi connectivity index (χ2v) is 6.39. The third kappa shape index (κ3) is 5.94. The van der Waals surface area contributed by atoms with Crippen molar-refractivity contribution in [2.75, 3.05) is 51.3 Å². The maximum atomic E-state index is 12.2. The molecule has 0 atom stereocenters. The van der Waals surface area contributed by atoms with Crippen LogP contribution in [0.15, 0.2) is 18.2 Å². The van der Waals surface area contributed by atoms with Crippen LogP contribution in [0.1, 0.15) is 6.92 Å². The van der Waals surface area contributed by atoms with Crippen LogP contribution in [0.25, 0.3) is 0 Å². The average Bonchev–Trinajstić information content (AvgIpc) is 2.55. The van der Waals surface area contributed by atoms with Crippen molar-refractivity contribution >= 4 is 40.7 Å². The highest BCUT2D eigenvalue weighted by molar-refractivity contribution is 6.42. The number of hydrogen-bond donors (Lipinski definition) is 1. The molecule has 1 heterocycles. The van der Waals surface area contributed by atoms with Gasteiger partial charge < -0.3 is 15.0 Å². The van der Waals surface area contributed by atoms with Crippen molar-refractivity contribution in [1.29, 1.82) is 0 Å². The maximum Gasteiger partial charge on any atom is 0.243 e. The molecule has 1 aliphatic heterocycles. The molecule has 1 fully saturated rings. The molecule has 1 N–H and O–H groups in total. The Labute approximate surface area is 151 Å². The number of morpholine rings is 1. The third-order valence-corrected chi connectivity index (χ3v) is 4.51. The van der Waals surface area contributed by atoms with Crippen LogP contribution in [0.4, 0.5) is 5.69 Å². The van der Waals surface area contributed by atoms with Crippen LogP contribution in [0.2, 0.25) is 10.0 Å². The summed E-state index contributed by atoms with van der Waals surface area (Å²) in [5.74, 6) is -0.405. The molecule has 8 heteroatoms. The highest BCUT2D eigenvalue weighted by Gasteiger charge is 2.17. The summed E-state index contributed by atoms with van der Waals surface area (Å²) in [6.07, 6.45) is 0. The summed E-state index contributed by atoms with van der Waals surface area (Å²) >= 11 is 11.8. The minimum Gasteiger partial charge on any atom is -0.379 e. The van der Waals surface area contributed by atoms with Gasteiger partial charge in [0.1, 0.15) is 0 Å². The van der Waals surface area contributed by atoms with Crippen LogP contribution in [-0.2, 0) is 14.3 Å². The molecule has 1 aliphatic rings. The highest BCUT2D eigenvalue weighted by Crippen LogP contribution is 2.24. The lowest BCUT2D eigenvalue weighted by Crippen LogP contribution is -2.44. The van der Waals surface area contributed by atoms with E-state index in [0.29, 0.717) is 35.5 Å². The van der Waals surface area contributed by atoms with Gasteiger partial charge in [0, 0.05) is 38.8 Å². The molecule has 0 bridgehead atoms. The van der Waals surface area contributed by atoms with Gasteiger partial charge in [-0.25, -0.2) is 0 Å². The molecule has 132 valence electrons. The lowest BCUT2D eigenvalue weighted by atomic mass is 10.3. The lowest BCUT2D eigenvalue weighted by Gasteiger charge is -2.29. The summed E-state index contributed by atoms with van der Waals surface area (Å²) in [4.78, 5) is 27.7. The minimum absolute atomic E-state index is 0.0000805. The summed E-state index contributed by atoms with van der Waals surface area (Å²) in [6.45, 7) is 5.80. The van der Waals surface area contributed by atoms with Crippen molar-refractivity contribution < 1.29 is 14.3 Å². The molecule has 0 radical (unpaired) electrons. The van der Waals surface area contributed by atoms with Crippen LogP contribution in [0, 0.1) is 0 Å². The second kappa shape index (κ2) is 9.22. The Bertz CT molecular complexity index is 592. The number of nitrogens with zero attached hydrogens (tertiary/aromatic N) is 2. The number of anilines is 1. The molecule has 2 rings (SSSR count). The highest BCUT2D eigenvalue weighted by atomic mass is 35.5. The van der Waals surface area contributed by atoms with Gasteiger partial charge in [-0.1, -0.05) is 23.2 Å². The van der Waals surface area contributed by atoms with Gasteiger partial charge in [0.2, 0.25) is 11.8 Å². The molecule has 0 aromatic heterocycles. The van der Waals surface area contributed by atoms with E-state index in [0.717, 1.165) is 19.6 Å². The number of benzene rings is 1. The number of nitrogens with one attached hydrogen (secondary N) is 1. The zero-order valence-electron chi connectivity index (χ0n) is 13.6. The summed E-state index contributed by atoms with van der Waals surface area (Å²) in [7, 11) is 0. The fourth-order valence-corrected chi connectivity index (χ4v) is 2.68. The van der Waals surface area contributed by atoms with Gasteiger partial charge in [-0.15, -0.1) is 0 Å². The van der Waals surface area contributed by atoms with E-state index in [1.807, 2.05) is 0 Å². The van der Waals surface area contributed by atoms with Crippen molar-refractivity contribution in [2.24, 2.45) is 0 Å². The fraction of sp³-hybridized carbons (Fsp3) is 0.500. The molecule has 0 unspecified atom stereocenters. The van der Waals surface area contributed by atoms with Crippen LogP contribution in [0.3, 0.4) is 0 Å². The number of halogens is 2. The Morgan fingerprint density at radius 1 is 1.25 bits per heavy atom. The van der Waals surface area contributed by atoms with Crippen molar-refractivity contribution in [3.63, 3.8) is 0 Å². The summed E-state index contributed by atoms with van der Waals surface area (Å²) in [5.41, 5.74) is 0.547. The molecule has 1 aromatic carbocycles. The molecule has 2 amide bonds. The van der Waals surface area contributed by atoms with E-state index in [-0.39, 0.29) is 18.4 Å². The third-order valence-electron chi connectivity index (χ3n) is 3.77. The van der Waals surface area contributed by atoms with Crippen LogP contribution < -0.4 is 5.32 Å². The molecule has 24 heavy (non-hydrogen) atoms. The largest absolute Gasteiger partial charge is 0.379 e. The molecule has 1 saturated heterocycles. The van der Waals surface area contributed by atoms with Gasteiger partial charge in [0.05, 0.1) is 29.8 Å². The maximum absolute atomic E-state index is 12.2. The van der Waals surface area contributed by atoms with Gasteiger partial charge in [0.25, 0.3) is 0 Å². The number of carbonyl (C=O) groups excluding carboxylic acids is 2. The van der Waals surface area contributed by atoms with Gasteiger partial charge in [-0.3, -0.25) is 14.5 Å². The Balaban J connectivity index is 1.85. The van der Waals surface area contributed by atoms with E-state index in [4.69, 9.17) is 27.9 Å². The van der Waals surface area contributed by atoms with Gasteiger partial charge in [0.15, 0.2) is 0 Å². The summed E-state index contributed by atoms with van der Waals surface area (Å²) < 4.78 is 5.30. The normalized spacial score (nSPS) is 15.1. The van der Waals surface area contributed by atoms with Gasteiger partial charge >= 0.3 is 0 Å². The number of ether oxygens (including phenoxy) is 1. The van der Waals surface area contributed by atoms with E-state index >= 15 is 0 Å². The number of amides is 2. The predicted molar refractivity (Wildman–Crippen MR) is 94.6 cm³/mol. The standard InChI is InChI=1S/C16H21Cl2N3O3/c1-12(22)21(5-4-20-6-8-24-9-7-20)11-16(23)19-13-2-3-14(17)15(18)10-13/h2-3,10H,4-9,11H2,1H3,(H,19,23). The minimum atomic E-state index is -0.273. The average molecular weight is 374 g/mol. The number of hydrogen-bond acceptors (Lipinski definition) is 4. The molecule has 6 nitrogen and oxygen atoms in total. The van der Waals surface area contributed by atoms with Gasteiger partial charge in [-0.2, -0.15) is 0 Å². The molecule has 0 spiro atoms. The first-order valence-electron chi connectivity index (χ1n) is 7.76. The zero-order chi connectivity index (χ0) is 17.5. The van der Waals surface area contributed by atoms with Crippen LogP contribution in [-0.4, -0.2) is 67.6 Å². The Hall–Kier alpha value is -1.34. The van der Waals surface area contributed by atoms with Gasteiger partial charge in [-0.05, 0) is 18.2 Å². The first kappa shape index (κ1) is 19.0. The fourth-order valence-electron chi connectivity index (χ4n) is 2.38. The second-order valence-electron chi connectivity index (χ2n) is 5.57. The first-order chi connectivity index (χ1) is 11.5. The van der Waals surface area contributed by atoms with E-state index in [1.54, 1.807) is 18.2 Å². The quantitative estimate of drug-likeness (QED) is 0.829. The predicted octanol–water partition coefficient (Wildman–Crippen LogP) is 2.11. The molecule has 0 saturated carbocycles. The SMILES string of the molecule is CC(=O)N(CCN1CCOCC1)CC(=O)Nc1ccc(Cl)c(Cl)c1. The lowest BCUT2D eigenvalue weighted by molar-refractivity contribution is -0.133. The van der Waals surface area contributed by atoms with E-state index < -0.39 is 0 Å². The number of rotatable bonds is 6. The molecule has 0 aliphatic carbocycles. The molecular formula is C16H21Cl2N3O3. The smallest absolute Gasteiger partial charge is 0.243 e. The van der Waals surface area contributed by atoms with Crippen molar-refractivity contribution in [2.45, 2.75) is 6.92 Å². The first-order valence-corrected chi connectivity index (χ1v) is 8.52. The Kier molecular flexibility index (Phi) is 7.30. The van der Waals surface area contributed by atoms with Crippen molar-refractivity contribution in [3.8, 4) is 0 Å². The van der Waals surface area contributed by atoms with Crippen molar-refractivity contribution in [1.82, 2.24) is 9.80 Å². The Morgan fingerprint density at radius 2 is 1.96 bits per heavy atom. The summed E-state index contributed by atoms with van der Waals surface area (Å²) in [5, 5.41) is 3.51. The van der Waals surface area contributed by atoms with Crippen LogP contribution in [0.5, 0.6) is 0 Å². The van der Waals surface area contributed by atoms with E-state index in [2.05, 4.69) is 10.2 Å². The topological polar surface area (TPSA) is 61.9 Å². The molecule has 1 aromatic rings. The van der Waals surface area contributed by atoms with Crippen molar-refractivity contribution in [3.05, 3.63) is 28.2 Å². The van der Waals surface area contributed by atoms with Crippen LogP contribution >= 0.6 is 23.2 Å². The number of carbonyl (C=O) groups is 2. The Morgan fingerprint density at radius 3 is 2.58 bits per heavy atom. The zero-order valence-corrected chi connectivity index (χ0v) is 15.1. The monoisotopic (exact) mass is 373 g/mol. The summed E-state index contributed by atoms with van der Waals surface area (Å²) in [6, 6.07) is 4.85. The molecular weight excluding hydrogens is 353 g/mol. The van der Waals surface area contributed by atoms with E-state index in [9.17, 15) is 9.59 Å².